The van der Waals surface area contributed by atoms with Gasteiger partial charge in [0.2, 0.25) is 0 Å². The summed E-state index contributed by atoms with van der Waals surface area (Å²) in [5.41, 5.74) is 0. The van der Waals surface area contributed by atoms with Gasteiger partial charge in [-0.15, -0.1) is 0 Å². The van der Waals surface area contributed by atoms with E-state index >= 15 is 0 Å². The van der Waals surface area contributed by atoms with Gasteiger partial charge >= 0.3 is 0 Å². The Hall–Kier alpha value is -0.120. The minimum Gasteiger partial charge on any atom is -0.375 e. The number of hydrogen-bond donors (Lipinski definition) is 0. The van der Waals surface area contributed by atoms with Crippen molar-refractivity contribution in [1.82, 2.24) is 0 Å². The Morgan fingerprint density at radius 2 is 1.47 bits per heavy atom. The lowest BCUT2D eigenvalue weighted by molar-refractivity contribution is -0.196. The maximum Gasteiger partial charge on any atom is 0.168 e. The molecular weight excluding hydrogens is 240 g/mol. The van der Waals surface area contributed by atoms with Gasteiger partial charge in [-0.1, -0.05) is 13.3 Å². The molecule has 19 heavy (non-hydrogen) atoms. The summed E-state index contributed by atoms with van der Waals surface area (Å²) in [7, 11) is 0. The Kier molecular flexibility index (Phi) is 4.45. The summed E-state index contributed by atoms with van der Waals surface area (Å²) < 4.78 is 17.9. The van der Waals surface area contributed by atoms with Crippen LogP contribution in [0.4, 0.5) is 0 Å². The average molecular weight is 268 g/mol. The van der Waals surface area contributed by atoms with Crippen LogP contribution in [0.1, 0.15) is 64.7 Å². The fourth-order valence-corrected chi connectivity index (χ4v) is 3.90. The van der Waals surface area contributed by atoms with Crippen molar-refractivity contribution in [2.24, 2.45) is 5.92 Å². The molecule has 0 unspecified atom stereocenters. The van der Waals surface area contributed by atoms with Crippen LogP contribution in [0.25, 0.3) is 0 Å². The first kappa shape index (κ1) is 13.8. The van der Waals surface area contributed by atoms with Gasteiger partial charge in [0.15, 0.2) is 5.79 Å². The minimum absolute atomic E-state index is 0.236. The Morgan fingerprint density at radius 1 is 0.895 bits per heavy atom. The SMILES string of the molecule is CCC1CCC(OC2CCC3(CC2)OCCO3)CC1. The van der Waals surface area contributed by atoms with Gasteiger partial charge < -0.3 is 14.2 Å². The van der Waals surface area contributed by atoms with E-state index < -0.39 is 0 Å². The molecule has 3 rings (SSSR count). The van der Waals surface area contributed by atoms with Crippen LogP contribution in [0.15, 0.2) is 0 Å². The van der Waals surface area contributed by atoms with Crippen LogP contribution < -0.4 is 0 Å². The standard InChI is InChI=1S/C16H28O3/c1-2-13-3-5-14(6-4-13)19-15-7-9-16(10-8-15)17-11-12-18-16/h13-15H,2-12H2,1H3. The molecule has 1 saturated heterocycles. The Bertz CT molecular complexity index is 268. The number of hydrogen-bond acceptors (Lipinski definition) is 3. The predicted octanol–water partition coefficient (Wildman–Crippen LogP) is 3.66. The van der Waals surface area contributed by atoms with Crippen molar-refractivity contribution >= 4 is 0 Å². The molecule has 110 valence electrons. The summed E-state index contributed by atoms with van der Waals surface area (Å²) in [6.45, 7) is 3.85. The van der Waals surface area contributed by atoms with Gasteiger partial charge in [0.1, 0.15) is 0 Å². The highest BCUT2D eigenvalue weighted by molar-refractivity contribution is 4.84. The Labute approximate surface area is 117 Å². The predicted molar refractivity (Wildman–Crippen MR) is 74.0 cm³/mol. The molecule has 0 radical (unpaired) electrons. The molecule has 0 atom stereocenters. The van der Waals surface area contributed by atoms with Crippen molar-refractivity contribution in [1.29, 1.82) is 0 Å². The third kappa shape index (κ3) is 3.32. The van der Waals surface area contributed by atoms with E-state index in [9.17, 15) is 0 Å². The van der Waals surface area contributed by atoms with E-state index in [1.54, 1.807) is 0 Å². The van der Waals surface area contributed by atoms with Crippen molar-refractivity contribution in [3.63, 3.8) is 0 Å². The van der Waals surface area contributed by atoms with E-state index in [1.807, 2.05) is 0 Å². The molecule has 3 aliphatic rings. The van der Waals surface area contributed by atoms with E-state index in [4.69, 9.17) is 14.2 Å². The molecule has 2 saturated carbocycles. The van der Waals surface area contributed by atoms with Crippen LogP contribution in [0.5, 0.6) is 0 Å². The van der Waals surface area contributed by atoms with Gasteiger partial charge in [-0.2, -0.15) is 0 Å². The summed E-state index contributed by atoms with van der Waals surface area (Å²) in [4.78, 5) is 0. The highest BCUT2D eigenvalue weighted by atomic mass is 16.7. The van der Waals surface area contributed by atoms with Crippen LogP contribution >= 0.6 is 0 Å². The van der Waals surface area contributed by atoms with Crippen LogP contribution in [-0.2, 0) is 14.2 Å². The van der Waals surface area contributed by atoms with Gasteiger partial charge in [-0.3, -0.25) is 0 Å². The molecule has 0 bridgehead atoms. The fourth-order valence-electron chi connectivity index (χ4n) is 3.90. The summed E-state index contributed by atoms with van der Waals surface area (Å²) in [6, 6.07) is 0. The zero-order valence-electron chi connectivity index (χ0n) is 12.2. The first-order chi connectivity index (χ1) is 9.30. The summed E-state index contributed by atoms with van der Waals surface area (Å²) in [5.74, 6) is 0.717. The maximum absolute atomic E-state index is 6.32. The van der Waals surface area contributed by atoms with E-state index in [1.165, 1.54) is 32.1 Å². The van der Waals surface area contributed by atoms with Crippen LogP contribution in [0.3, 0.4) is 0 Å². The van der Waals surface area contributed by atoms with E-state index in [0.29, 0.717) is 12.2 Å². The minimum atomic E-state index is -0.236. The van der Waals surface area contributed by atoms with Crippen LogP contribution in [0, 0.1) is 5.92 Å². The third-order valence-electron chi connectivity index (χ3n) is 5.26. The molecule has 3 nitrogen and oxygen atoms in total. The van der Waals surface area contributed by atoms with Gasteiger partial charge in [-0.25, -0.2) is 0 Å². The molecule has 3 heteroatoms. The second kappa shape index (κ2) is 6.11. The third-order valence-corrected chi connectivity index (χ3v) is 5.26. The van der Waals surface area contributed by atoms with Gasteiger partial charge in [0, 0.05) is 12.8 Å². The topological polar surface area (TPSA) is 27.7 Å². The fraction of sp³-hybridized carbons (Fsp3) is 1.00. The molecular formula is C16H28O3. The maximum atomic E-state index is 6.32. The second-order valence-electron chi connectivity index (χ2n) is 6.49. The van der Waals surface area contributed by atoms with Crippen molar-refractivity contribution in [2.45, 2.75) is 82.7 Å². The van der Waals surface area contributed by atoms with Gasteiger partial charge in [0.05, 0.1) is 25.4 Å². The molecule has 3 fully saturated rings. The van der Waals surface area contributed by atoms with E-state index in [-0.39, 0.29) is 5.79 Å². The molecule has 0 aromatic heterocycles. The van der Waals surface area contributed by atoms with Crippen molar-refractivity contribution < 1.29 is 14.2 Å². The Balaban J connectivity index is 1.40. The quantitative estimate of drug-likeness (QED) is 0.782. The Morgan fingerprint density at radius 3 is 2.05 bits per heavy atom. The van der Waals surface area contributed by atoms with Gasteiger partial charge in [0.25, 0.3) is 0 Å². The summed E-state index contributed by atoms with van der Waals surface area (Å²) >= 11 is 0. The largest absolute Gasteiger partial charge is 0.375 e. The lowest BCUT2D eigenvalue weighted by Crippen LogP contribution is -2.39. The average Bonchev–Trinajstić information content (AvgIpc) is 2.91. The molecule has 1 aliphatic heterocycles. The van der Waals surface area contributed by atoms with Gasteiger partial charge in [-0.05, 0) is 44.4 Å². The smallest absolute Gasteiger partial charge is 0.168 e. The highest BCUT2D eigenvalue weighted by Crippen LogP contribution is 2.38. The zero-order valence-corrected chi connectivity index (χ0v) is 12.2. The second-order valence-corrected chi connectivity index (χ2v) is 6.49. The van der Waals surface area contributed by atoms with Crippen molar-refractivity contribution in [2.75, 3.05) is 13.2 Å². The first-order valence-corrected chi connectivity index (χ1v) is 8.23. The highest BCUT2D eigenvalue weighted by Gasteiger charge is 2.41. The zero-order chi connectivity index (χ0) is 13.1. The van der Waals surface area contributed by atoms with Crippen molar-refractivity contribution in [3.05, 3.63) is 0 Å². The van der Waals surface area contributed by atoms with Crippen molar-refractivity contribution in [3.8, 4) is 0 Å². The molecule has 0 aromatic rings. The number of ether oxygens (including phenoxy) is 3. The normalized spacial score (nSPS) is 35.8. The van der Waals surface area contributed by atoms with E-state index in [2.05, 4.69) is 6.92 Å². The molecule has 0 N–H and O–H groups in total. The monoisotopic (exact) mass is 268 g/mol. The first-order valence-electron chi connectivity index (χ1n) is 8.23. The molecule has 0 aromatic carbocycles. The lowest BCUT2D eigenvalue weighted by atomic mass is 9.85. The molecule has 0 amide bonds. The number of rotatable bonds is 3. The summed E-state index contributed by atoms with van der Waals surface area (Å²) in [6.07, 6.45) is 11.8. The van der Waals surface area contributed by atoms with Crippen LogP contribution in [0.2, 0.25) is 0 Å². The lowest BCUT2D eigenvalue weighted by Gasteiger charge is -2.38. The molecule has 1 spiro atoms. The molecule has 2 aliphatic carbocycles. The van der Waals surface area contributed by atoms with E-state index in [0.717, 1.165) is 44.8 Å². The molecule has 1 heterocycles. The summed E-state index contributed by atoms with van der Waals surface area (Å²) in [5, 5.41) is 0. The van der Waals surface area contributed by atoms with Crippen LogP contribution in [-0.4, -0.2) is 31.2 Å².